The molecule has 0 aromatic heterocycles. The average Bonchev–Trinajstić information content (AvgIpc) is 2.38. The molecule has 20 heavy (non-hydrogen) atoms. The van der Waals surface area contributed by atoms with Gasteiger partial charge in [0.2, 0.25) is 5.91 Å². The Labute approximate surface area is 115 Å². The molecule has 0 unspecified atom stereocenters. The number of carbonyl (C=O) groups excluding carboxylic acids is 1. The van der Waals surface area contributed by atoms with Crippen molar-refractivity contribution in [2.45, 2.75) is 19.8 Å². The minimum absolute atomic E-state index is 0.0375. The molecule has 0 saturated carbocycles. The van der Waals surface area contributed by atoms with Gasteiger partial charge in [0.25, 0.3) is 0 Å². The van der Waals surface area contributed by atoms with E-state index < -0.39 is 6.36 Å². The number of nitrogens with zero attached hydrogens (tertiary/aromatic N) is 1. The van der Waals surface area contributed by atoms with E-state index in [0.29, 0.717) is 13.1 Å². The molecule has 1 aromatic carbocycles. The minimum Gasteiger partial charge on any atom is -0.406 e. The van der Waals surface area contributed by atoms with Gasteiger partial charge in [-0.05, 0) is 24.6 Å². The van der Waals surface area contributed by atoms with Crippen molar-refractivity contribution in [2.24, 2.45) is 0 Å². The summed E-state index contributed by atoms with van der Waals surface area (Å²) in [5.41, 5.74) is 0.770. The Morgan fingerprint density at radius 1 is 1.30 bits per heavy atom. The molecule has 0 atom stereocenters. The molecule has 0 radical (unpaired) electrons. The molecule has 0 fully saturated rings. The normalized spacial score (nSPS) is 11.2. The summed E-state index contributed by atoms with van der Waals surface area (Å²) in [6, 6.07) is 5.51. The molecular formula is C13H17F3N2O2. The second-order valence-electron chi connectivity index (χ2n) is 4.20. The number of hydrogen-bond donors (Lipinski definition) is 1. The molecule has 4 nitrogen and oxygen atoms in total. The number of likely N-dealkylation sites (N-methyl/N-ethyl adjacent to an activating group) is 1. The van der Waals surface area contributed by atoms with Crippen LogP contribution in [0.1, 0.15) is 12.5 Å². The van der Waals surface area contributed by atoms with Gasteiger partial charge in [-0.1, -0.05) is 12.1 Å². The van der Waals surface area contributed by atoms with Crippen LogP contribution in [0.3, 0.4) is 0 Å². The Hall–Kier alpha value is -1.76. The van der Waals surface area contributed by atoms with Gasteiger partial charge in [0, 0.05) is 20.1 Å². The van der Waals surface area contributed by atoms with Crippen LogP contribution in [0.15, 0.2) is 24.3 Å². The summed E-state index contributed by atoms with van der Waals surface area (Å²) in [6.07, 6.45) is -4.68. The molecule has 1 N–H and O–H groups in total. The van der Waals surface area contributed by atoms with Crippen LogP contribution in [-0.4, -0.2) is 37.3 Å². The van der Waals surface area contributed by atoms with Crippen molar-refractivity contribution in [1.82, 2.24) is 10.2 Å². The van der Waals surface area contributed by atoms with Gasteiger partial charge in [-0.2, -0.15) is 0 Å². The molecule has 0 aliphatic carbocycles. The van der Waals surface area contributed by atoms with Gasteiger partial charge < -0.3 is 15.0 Å². The monoisotopic (exact) mass is 290 g/mol. The van der Waals surface area contributed by atoms with Crippen LogP contribution in [0.25, 0.3) is 0 Å². The molecule has 112 valence electrons. The molecule has 1 rings (SSSR count). The van der Waals surface area contributed by atoms with E-state index >= 15 is 0 Å². The van der Waals surface area contributed by atoms with E-state index in [4.69, 9.17) is 0 Å². The van der Waals surface area contributed by atoms with Gasteiger partial charge >= 0.3 is 6.36 Å². The zero-order valence-electron chi connectivity index (χ0n) is 11.3. The van der Waals surface area contributed by atoms with Crippen LogP contribution >= 0.6 is 0 Å². The molecule has 0 aliphatic heterocycles. The zero-order chi connectivity index (χ0) is 15.2. The fourth-order valence-corrected chi connectivity index (χ4v) is 1.43. The van der Waals surface area contributed by atoms with Crippen LogP contribution in [-0.2, 0) is 11.3 Å². The standard InChI is InChI=1S/C13H17F3N2O2/c1-3-18(2)12(19)9-17-8-10-4-6-11(7-5-10)20-13(14,15)16/h4-7,17H,3,8-9H2,1-2H3. The van der Waals surface area contributed by atoms with Crippen LogP contribution in [0.5, 0.6) is 5.75 Å². The summed E-state index contributed by atoms with van der Waals surface area (Å²) in [7, 11) is 1.70. The van der Waals surface area contributed by atoms with Gasteiger partial charge in [-0.25, -0.2) is 0 Å². The maximum Gasteiger partial charge on any atom is 0.573 e. The number of benzene rings is 1. The molecule has 1 amide bonds. The second-order valence-corrected chi connectivity index (χ2v) is 4.20. The summed E-state index contributed by atoms with van der Waals surface area (Å²) >= 11 is 0. The summed E-state index contributed by atoms with van der Waals surface area (Å²) in [5, 5.41) is 2.93. The SMILES string of the molecule is CCN(C)C(=O)CNCc1ccc(OC(F)(F)F)cc1. The third-order valence-corrected chi connectivity index (χ3v) is 2.66. The quantitative estimate of drug-likeness (QED) is 0.873. The largest absolute Gasteiger partial charge is 0.573 e. The topological polar surface area (TPSA) is 41.6 Å². The number of nitrogens with one attached hydrogen (secondary N) is 1. The van der Waals surface area contributed by atoms with Crippen LogP contribution in [0.2, 0.25) is 0 Å². The van der Waals surface area contributed by atoms with E-state index in [1.807, 2.05) is 6.92 Å². The lowest BCUT2D eigenvalue weighted by Gasteiger charge is -2.14. The minimum atomic E-state index is -4.68. The third kappa shape index (κ3) is 5.92. The Bertz CT molecular complexity index is 432. The van der Waals surface area contributed by atoms with Crippen molar-refractivity contribution in [2.75, 3.05) is 20.1 Å². The lowest BCUT2D eigenvalue weighted by atomic mass is 10.2. The summed E-state index contributed by atoms with van der Waals surface area (Å²) in [5.74, 6) is -0.299. The van der Waals surface area contributed by atoms with Crippen molar-refractivity contribution in [3.05, 3.63) is 29.8 Å². The third-order valence-electron chi connectivity index (χ3n) is 2.66. The van der Waals surface area contributed by atoms with Gasteiger partial charge in [0.1, 0.15) is 5.75 Å². The predicted octanol–water partition coefficient (Wildman–Crippen LogP) is 2.15. The molecule has 0 heterocycles. The maximum absolute atomic E-state index is 12.0. The summed E-state index contributed by atoms with van der Waals surface area (Å²) < 4.78 is 39.7. The van der Waals surface area contributed by atoms with E-state index in [1.165, 1.54) is 24.3 Å². The zero-order valence-corrected chi connectivity index (χ0v) is 11.3. The van der Waals surface area contributed by atoms with Gasteiger partial charge in [0.15, 0.2) is 0 Å². The van der Waals surface area contributed by atoms with Crippen molar-refractivity contribution >= 4 is 5.91 Å². The molecule has 0 aliphatic rings. The van der Waals surface area contributed by atoms with E-state index in [-0.39, 0.29) is 18.2 Å². The van der Waals surface area contributed by atoms with Gasteiger partial charge in [-0.15, -0.1) is 13.2 Å². The van der Waals surface area contributed by atoms with Crippen molar-refractivity contribution in [3.8, 4) is 5.75 Å². The van der Waals surface area contributed by atoms with E-state index in [9.17, 15) is 18.0 Å². The van der Waals surface area contributed by atoms with Crippen molar-refractivity contribution in [3.63, 3.8) is 0 Å². The summed E-state index contributed by atoms with van der Waals surface area (Å²) in [6.45, 7) is 3.09. The molecule has 1 aromatic rings. The molecule has 0 saturated heterocycles. The van der Waals surface area contributed by atoms with E-state index in [2.05, 4.69) is 10.1 Å². The first-order chi connectivity index (χ1) is 9.31. The highest BCUT2D eigenvalue weighted by Gasteiger charge is 2.30. The number of ether oxygens (including phenoxy) is 1. The molecule has 7 heteroatoms. The number of rotatable bonds is 6. The summed E-state index contributed by atoms with van der Waals surface area (Å²) in [4.78, 5) is 13.1. The van der Waals surface area contributed by atoms with Crippen LogP contribution in [0, 0.1) is 0 Å². The van der Waals surface area contributed by atoms with Crippen LogP contribution < -0.4 is 10.1 Å². The maximum atomic E-state index is 12.0. The predicted molar refractivity (Wildman–Crippen MR) is 68.1 cm³/mol. The van der Waals surface area contributed by atoms with Gasteiger partial charge in [-0.3, -0.25) is 4.79 Å². The smallest absolute Gasteiger partial charge is 0.406 e. The van der Waals surface area contributed by atoms with E-state index in [1.54, 1.807) is 11.9 Å². The highest BCUT2D eigenvalue weighted by molar-refractivity contribution is 5.77. The lowest BCUT2D eigenvalue weighted by molar-refractivity contribution is -0.274. The highest BCUT2D eigenvalue weighted by atomic mass is 19.4. The van der Waals surface area contributed by atoms with E-state index in [0.717, 1.165) is 5.56 Å². The Kier molecular flexibility index (Phi) is 5.82. The molecular weight excluding hydrogens is 273 g/mol. The van der Waals surface area contributed by atoms with Gasteiger partial charge in [0.05, 0.1) is 6.54 Å². The Balaban J connectivity index is 2.41. The molecule has 0 spiro atoms. The Morgan fingerprint density at radius 2 is 1.90 bits per heavy atom. The molecule has 0 bridgehead atoms. The first-order valence-electron chi connectivity index (χ1n) is 6.11. The number of carbonyl (C=O) groups is 1. The first kappa shape index (κ1) is 16.3. The number of alkyl halides is 3. The number of amides is 1. The Morgan fingerprint density at radius 3 is 2.40 bits per heavy atom. The number of halogens is 3. The first-order valence-corrected chi connectivity index (χ1v) is 6.11. The lowest BCUT2D eigenvalue weighted by Crippen LogP contribution is -2.35. The average molecular weight is 290 g/mol. The fourth-order valence-electron chi connectivity index (χ4n) is 1.43. The highest BCUT2D eigenvalue weighted by Crippen LogP contribution is 2.22. The fraction of sp³-hybridized carbons (Fsp3) is 0.462. The van der Waals surface area contributed by atoms with Crippen molar-refractivity contribution < 1.29 is 22.7 Å². The van der Waals surface area contributed by atoms with Crippen molar-refractivity contribution in [1.29, 1.82) is 0 Å². The van der Waals surface area contributed by atoms with Crippen LogP contribution in [0.4, 0.5) is 13.2 Å². The number of hydrogen-bond acceptors (Lipinski definition) is 3. The second kappa shape index (κ2) is 7.14.